The van der Waals surface area contributed by atoms with Crippen molar-refractivity contribution in [2.45, 2.75) is 24.1 Å². The molecule has 0 spiro atoms. The van der Waals surface area contributed by atoms with Gasteiger partial charge in [-0.3, -0.25) is 9.35 Å². The number of carbonyl (C=O) groups excluding carboxylic acids is 1. The monoisotopic (exact) mass is 328 g/mol. The van der Waals surface area contributed by atoms with Crippen LogP contribution in [0.2, 0.25) is 0 Å². The Morgan fingerprint density at radius 1 is 1.45 bits per heavy atom. The molecule has 1 aliphatic heterocycles. The molecule has 0 aromatic rings. The molecule has 0 aromatic carbocycles. The fourth-order valence-corrected chi connectivity index (χ4v) is 6.61. The van der Waals surface area contributed by atoms with E-state index in [1.54, 1.807) is 19.0 Å². The van der Waals surface area contributed by atoms with E-state index < -0.39 is 48.2 Å². The molecule has 20 heavy (non-hydrogen) atoms. The van der Waals surface area contributed by atoms with Gasteiger partial charge < -0.3 is 10.2 Å². The van der Waals surface area contributed by atoms with Crippen LogP contribution in [0.15, 0.2) is 0 Å². The number of hydrogen-bond acceptors (Lipinski definition) is 6. The van der Waals surface area contributed by atoms with Crippen LogP contribution in [0.25, 0.3) is 0 Å². The summed E-state index contributed by atoms with van der Waals surface area (Å²) in [5, 5.41) is 0.900. The minimum absolute atomic E-state index is 0.112. The summed E-state index contributed by atoms with van der Waals surface area (Å²) in [5.41, 5.74) is -1.50. The van der Waals surface area contributed by atoms with Gasteiger partial charge in [-0.2, -0.15) is 8.42 Å². The van der Waals surface area contributed by atoms with Gasteiger partial charge in [0, 0.05) is 13.0 Å². The van der Waals surface area contributed by atoms with E-state index in [1.165, 1.54) is 6.92 Å². The Morgan fingerprint density at radius 2 is 2.00 bits per heavy atom. The van der Waals surface area contributed by atoms with Gasteiger partial charge in [0.1, 0.15) is 5.25 Å². The van der Waals surface area contributed by atoms with Crippen LogP contribution >= 0.6 is 0 Å². The first-order valence-corrected chi connectivity index (χ1v) is 9.31. The molecule has 2 N–H and O–H groups in total. The van der Waals surface area contributed by atoms with Crippen LogP contribution in [-0.2, 0) is 24.7 Å². The lowest BCUT2D eigenvalue weighted by Crippen LogP contribution is -2.56. The lowest BCUT2D eigenvalue weighted by atomic mass is 10.0. The van der Waals surface area contributed by atoms with Gasteiger partial charge in [-0.15, -0.1) is 0 Å². The number of nitrogens with one attached hydrogen (secondary N) is 1. The molecule has 0 aliphatic carbocycles. The van der Waals surface area contributed by atoms with Crippen LogP contribution in [-0.4, -0.2) is 75.1 Å². The zero-order valence-corrected chi connectivity index (χ0v) is 13.3. The van der Waals surface area contributed by atoms with Gasteiger partial charge in [0.25, 0.3) is 10.1 Å². The predicted octanol–water partition coefficient (Wildman–Crippen LogP) is -1.50. The summed E-state index contributed by atoms with van der Waals surface area (Å²) in [6.07, 6.45) is 0.112. The number of amides is 1. The smallest absolute Gasteiger partial charge is 0.271 e. The number of sulfone groups is 1. The molecule has 1 amide bonds. The first-order chi connectivity index (χ1) is 8.86. The van der Waals surface area contributed by atoms with Gasteiger partial charge >= 0.3 is 0 Å². The van der Waals surface area contributed by atoms with Crippen molar-refractivity contribution in [3.05, 3.63) is 0 Å². The molecule has 10 heteroatoms. The number of carbonyl (C=O) groups is 1. The summed E-state index contributed by atoms with van der Waals surface area (Å²) in [7, 11) is -4.64. The molecule has 2 atom stereocenters. The van der Waals surface area contributed by atoms with Crippen molar-refractivity contribution in [1.29, 1.82) is 0 Å². The first-order valence-electron chi connectivity index (χ1n) is 5.98. The van der Waals surface area contributed by atoms with E-state index in [2.05, 4.69) is 5.32 Å². The van der Waals surface area contributed by atoms with Crippen molar-refractivity contribution in [2.75, 3.05) is 32.1 Å². The summed E-state index contributed by atoms with van der Waals surface area (Å²) in [5.74, 6) is -1.64. The van der Waals surface area contributed by atoms with Crippen LogP contribution in [0.3, 0.4) is 0 Å². The zero-order chi connectivity index (χ0) is 15.8. The van der Waals surface area contributed by atoms with E-state index in [0.29, 0.717) is 6.54 Å². The van der Waals surface area contributed by atoms with Crippen molar-refractivity contribution in [3.8, 4) is 0 Å². The highest BCUT2D eigenvalue weighted by atomic mass is 32.2. The third kappa shape index (κ3) is 4.40. The van der Waals surface area contributed by atoms with E-state index in [1.807, 2.05) is 0 Å². The zero-order valence-electron chi connectivity index (χ0n) is 11.7. The van der Waals surface area contributed by atoms with E-state index in [4.69, 9.17) is 4.55 Å². The maximum Gasteiger partial charge on any atom is 0.271 e. The largest absolute Gasteiger partial charge is 0.348 e. The van der Waals surface area contributed by atoms with Crippen LogP contribution in [0, 0.1) is 0 Å². The van der Waals surface area contributed by atoms with E-state index >= 15 is 0 Å². The Kier molecular flexibility index (Phi) is 4.84. The molecular formula is C10H20N2O6S2. The standard InChI is InChI=1S/C10H20N2O6S2/c1-10(11-9(13)4-5-12(2)3)7-19(14,15)6-8(10)20(16,17)18/h8H,4-7H2,1-3H3,(H,11,13)(H,16,17,18). The molecular weight excluding hydrogens is 308 g/mol. The Labute approximate surface area is 119 Å². The van der Waals surface area contributed by atoms with Crippen molar-refractivity contribution >= 4 is 25.9 Å². The van der Waals surface area contributed by atoms with Crippen LogP contribution < -0.4 is 5.32 Å². The fourth-order valence-electron chi connectivity index (χ4n) is 2.26. The van der Waals surface area contributed by atoms with E-state index in [9.17, 15) is 21.6 Å². The molecule has 1 rings (SSSR count). The first kappa shape index (κ1) is 17.3. The second kappa shape index (κ2) is 5.58. The summed E-state index contributed by atoms with van der Waals surface area (Å²) < 4.78 is 55.0. The SMILES string of the molecule is CN(C)CCC(=O)NC1(C)CS(=O)(=O)CC1S(=O)(=O)O. The Balaban J connectivity index is 2.91. The maximum atomic E-state index is 11.8. The van der Waals surface area contributed by atoms with Gasteiger partial charge in [-0.25, -0.2) is 8.42 Å². The average molecular weight is 328 g/mol. The molecule has 1 heterocycles. The third-order valence-electron chi connectivity index (χ3n) is 3.21. The summed E-state index contributed by atoms with van der Waals surface area (Å²) in [6, 6.07) is 0. The third-order valence-corrected chi connectivity index (χ3v) is 6.70. The Bertz CT molecular complexity index is 583. The second-order valence-corrected chi connectivity index (χ2v) is 9.29. The molecule has 0 aromatic heterocycles. The Morgan fingerprint density at radius 3 is 2.45 bits per heavy atom. The Hall–Kier alpha value is -0.710. The molecule has 1 fully saturated rings. The second-order valence-electron chi connectivity index (χ2n) is 5.58. The topological polar surface area (TPSA) is 121 Å². The quantitative estimate of drug-likeness (QED) is 0.589. The van der Waals surface area contributed by atoms with Gasteiger partial charge in [0.15, 0.2) is 9.84 Å². The normalized spacial score (nSPS) is 29.6. The lowest BCUT2D eigenvalue weighted by molar-refractivity contribution is -0.122. The highest BCUT2D eigenvalue weighted by molar-refractivity contribution is 7.94. The maximum absolute atomic E-state index is 11.8. The number of hydrogen-bond donors (Lipinski definition) is 2. The van der Waals surface area contributed by atoms with Crippen LogP contribution in [0.4, 0.5) is 0 Å². The fraction of sp³-hybridized carbons (Fsp3) is 0.900. The molecule has 118 valence electrons. The molecule has 0 bridgehead atoms. The molecule has 0 saturated carbocycles. The molecule has 1 saturated heterocycles. The van der Waals surface area contributed by atoms with Gasteiger partial charge in [-0.1, -0.05) is 0 Å². The van der Waals surface area contributed by atoms with Crippen molar-refractivity contribution < 1.29 is 26.2 Å². The molecule has 0 radical (unpaired) electrons. The minimum atomic E-state index is -4.56. The van der Waals surface area contributed by atoms with Crippen molar-refractivity contribution in [1.82, 2.24) is 10.2 Å². The van der Waals surface area contributed by atoms with Crippen LogP contribution in [0.5, 0.6) is 0 Å². The van der Waals surface area contributed by atoms with Gasteiger partial charge in [-0.05, 0) is 21.0 Å². The lowest BCUT2D eigenvalue weighted by Gasteiger charge is -2.29. The van der Waals surface area contributed by atoms with Gasteiger partial charge in [0.2, 0.25) is 5.91 Å². The van der Waals surface area contributed by atoms with Gasteiger partial charge in [0.05, 0.1) is 17.0 Å². The summed E-state index contributed by atoms with van der Waals surface area (Å²) >= 11 is 0. The summed E-state index contributed by atoms with van der Waals surface area (Å²) in [4.78, 5) is 13.6. The molecule has 1 aliphatic rings. The minimum Gasteiger partial charge on any atom is -0.348 e. The molecule has 8 nitrogen and oxygen atoms in total. The number of rotatable bonds is 5. The average Bonchev–Trinajstić information content (AvgIpc) is 2.45. The molecule has 2 unspecified atom stereocenters. The number of nitrogens with zero attached hydrogens (tertiary/aromatic N) is 1. The highest BCUT2D eigenvalue weighted by Gasteiger charge is 2.53. The van der Waals surface area contributed by atoms with E-state index in [-0.39, 0.29) is 6.42 Å². The predicted molar refractivity (Wildman–Crippen MR) is 73.7 cm³/mol. The van der Waals surface area contributed by atoms with E-state index in [0.717, 1.165) is 0 Å². The van der Waals surface area contributed by atoms with Crippen LogP contribution in [0.1, 0.15) is 13.3 Å². The summed E-state index contributed by atoms with van der Waals surface area (Å²) in [6.45, 7) is 1.77. The highest BCUT2D eigenvalue weighted by Crippen LogP contribution is 2.28. The van der Waals surface area contributed by atoms with Crippen molar-refractivity contribution in [2.24, 2.45) is 0 Å². The van der Waals surface area contributed by atoms with Crippen molar-refractivity contribution in [3.63, 3.8) is 0 Å².